The zero-order valence-electron chi connectivity index (χ0n) is 5.64. The van der Waals surface area contributed by atoms with Gasteiger partial charge in [0.2, 0.25) is 0 Å². The lowest BCUT2D eigenvalue weighted by Gasteiger charge is -2.05. The van der Waals surface area contributed by atoms with Crippen LogP contribution in [0.3, 0.4) is 0 Å². The van der Waals surface area contributed by atoms with Gasteiger partial charge >= 0.3 is 0 Å². The minimum absolute atomic E-state index is 0.390. The first-order chi connectivity index (χ1) is 4.34. The van der Waals surface area contributed by atoms with Gasteiger partial charge in [0.25, 0.3) is 0 Å². The van der Waals surface area contributed by atoms with Crippen LogP contribution in [0.2, 0.25) is 0 Å². The van der Waals surface area contributed by atoms with Crippen LogP contribution in [0.15, 0.2) is 0 Å². The maximum atomic E-state index is 5.77. The smallest absolute Gasteiger partial charge is 0.0101 e. The lowest BCUT2D eigenvalue weighted by Crippen LogP contribution is -2.21. The molecule has 1 aliphatic carbocycles. The van der Waals surface area contributed by atoms with Gasteiger partial charge in [0.1, 0.15) is 0 Å². The lowest BCUT2D eigenvalue weighted by atomic mass is 10.1. The first-order valence-electron chi connectivity index (χ1n) is 3.53. The van der Waals surface area contributed by atoms with Crippen LogP contribution in [0.25, 0.3) is 0 Å². The molecule has 1 fully saturated rings. The van der Waals surface area contributed by atoms with Gasteiger partial charge in [-0.25, -0.2) is 0 Å². The van der Waals surface area contributed by atoms with Crippen molar-refractivity contribution in [3.05, 3.63) is 0 Å². The molecule has 1 heteroatoms. The van der Waals surface area contributed by atoms with Crippen molar-refractivity contribution in [3.8, 4) is 12.3 Å². The highest BCUT2D eigenvalue weighted by atomic mass is 14.7. The second kappa shape index (κ2) is 2.89. The molecule has 2 N–H and O–H groups in total. The highest BCUT2D eigenvalue weighted by molar-refractivity contribution is 4.89. The zero-order chi connectivity index (χ0) is 6.69. The fourth-order valence-corrected chi connectivity index (χ4v) is 1.01. The van der Waals surface area contributed by atoms with E-state index in [0.717, 1.165) is 18.8 Å². The largest absolute Gasteiger partial charge is 0.327 e. The highest BCUT2D eigenvalue weighted by Crippen LogP contribution is 2.32. The summed E-state index contributed by atoms with van der Waals surface area (Å²) in [6.45, 7) is 0. The molecule has 0 aromatic rings. The molecule has 1 nitrogen and oxygen atoms in total. The summed E-state index contributed by atoms with van der Waals surface area (Å²) in [6.07, 6.45) is 9.60. The molecule has 0 saturated heterocycles. The topological polar surface area (TPSA) is 26.0 Å². The van der Waals surface area contributed by atoms with Crippen molar-refractivity contribution in [2.24, 2.45) is 11.7 Å². The molecule has 1 unspecified atom stereocenters. The van der Waals surface area contributed by atoms with Gasteiger partial charge in [0.05, 0.1) is 0 Å². The van der Waals surface area contributed by atoms with Crippen LogP contribution < -0.4 is 5.73 Å². The average molecular weight is 123 g/mol. The Morgan fingerprint density at radius 1 is 1.67 bits per heavy atom. The summed E-state index contributed by atoms with van der Waals surface area (Å²) >= 11 is 0. The van der Waals surface area contributed by atoms with Crippen molar-refractivity contribution in [2.45, 2.75) is 31.7 Å². The minimum Gasteiger partial charge on any atom is -0.327 e. The van der Waals surface area contributed by atoms with Gasteiger partial charge in [-0.2, -0.15) is 0 Å². The molecule has 1 aliphatic rings. The Kier molecular flexibility index (Phi) is 2.13. The van der Waals surface area contributed by atoms with Gasteiger partial charge in [0.15, 0.2) is 0 Å². The molecule has 0 aromatic carbocycles. The fraction of sp³-hybridized carbons (Fsp3) is 0.750. The summed E-state index contributed by atoms with van der Waals surface area (Å²) in [5.74, 6) is 3.41. The number of rotatable bonds is 3. The third-order valence-corrected chi connectivity index (χ3v) is 1.85. The van der Waals surface area contributed by atoms with E-state index >= 15 is 0 Å². The molecule has 0 aromatic heterocycles. The molecular formula is C8H13N. The van der Waals surface area contributed by atoms with E-state index in [1.807, 2.05) is 0 Å². The maximum absolute atomic E-state index is 5.77. The molecular weight excluding hydrogens is 110 g/mol. The average Bonchev–Trinajstić information content (AvgIpc) is 2.63. The van der Waals surface area contributed by atoms with Crippen molar-refractivity contribution >= 4 is 0 Å². The SMILES string of the molecule is C#CCCC(N)C1CC1. The summed E-state index contributed by atoms with van der Waals surface area (Å²) in [6, 6.07) is 0.390. The molecule has 1 atom stereocenters. The van der Waals surface area contributed by atoms with Gasteiger partial charge in [-0.15, -0.1) is 12.3 Å². The van der Waals surface area contributed by atoms with E-state index in [4.69, 9.17) is 12.2 Å². The van der Waals surface area contributed by atoms with Gasteiger partial charge in [-0.3, -0.25) is 0 Å². The molecule has 0 amide bonds. The molecule has 1 rings (SSSR count). The summed E-state index contributed by atoms with van der Waals surface area (Å²) in [5, 5.41) is 0. The quantitative estimate of drug-likeness (QED) is 0.559. The number of hydrogen-bond acceptors (Lipinski definition) is 1. The van der Waals surface area contributed by atoms with E-state index in [9.17, 15) is 0 Å². The normalized spacial score (nSPS) is 20.9. The summed E-state index contributed by atoms with van der Waals surface area (Å²) in [7, 11) is 0. The first kappa shape index (κ1) is 6.64. The number of terminal acetylenes is 1. The van der Waals surface area contributed by atoms with E-state index in [-0.39, 0.29) is 0 Å². The molecule has 0 bridgehead atoms. The summed E-state index contributed by atoms with van der Waals surface area (Å²) < 4.78 is 0. The van der Waals surface area contributed by atoms with E-state index in [1.54, 1.807) is 0 Å². The zero-order valence-corrected chi connectivity index (χ0v) is 5.64. The van der Waals surface area contributed by atoms with Crippen LogP contribution in [0.1, 0.15) is 25.7 Å². The Bertz CT molecular complexity index is 119. The van der Waals surface area contributed by atoms with Crippen LogP contribution in [0.4, 0.5) is 0 Å². The van der Waals surface area contributed by atoms with Crippen LogP contribution in [0, 0.1) is 18.3 Å². The third kappa shape index (κ3) is 2.07. The van der Waals surface area contributed by atoms with Gasteiger partial charge < -0.3 is 5.73 Å². The minimum atomic E-state index is 0.390. The molecule has 0 aliphatic heterocycles. The van der Waals surface area contributed by atoms with E-state index in [1.165, 1.54) is 12.8 Å². The Labute approximate surface area is 56.6 Å². The van der Waals surface area contributed by atoms with Crippen molar-refractivity contribution in [2.75, 3.05) is 0 Å². The van der Waals surface area contributed by atoms with Gasteiger partial charge in [0, 0.05) is 12.5 Å². The second-order valence-electron chi connectivity index (χ2n) is 2.74. The number of hydrogen-bond donors (Lipinski definition) is 1. The van der Waals surface area contributed by atoms with E-state index in [2.05, 4.69) is 5.92 Å². The molecule has 0 radical (unpaired) electrons. The Balaban J connectivity index is 2.04. The Morgan fingerprint density at radius 3 is 2.78 bits per heavy atom. The number of nitrogens with two attached hydrogens (primary N) is 1. The molecule has 50 valence electrons. The standard InChI is InChI=1S/C8H13N/c1-2-3-4-8(9)7-5-6-7/h1,7-8H,3-6,9H2. The van der Waals surface area contributed by atoms with Crippen molar-refractivity contribution in [1.29, 1.82) is 0 Å². The fourth-order valence-electron chi connectivity index (χ4n) is 1.01. The van der Waals surface area contributed by atoms with Crippen molar-refractivity contribution < 1.29 is 0 Å². The van der Waals surface area contributed by atoms with Gasteiger partial charge in [-0.05, 0) is 25.2 Å². The molecule has 0 heterocycles. The Hall–Kier alpha value is -0.480. The van der Waals surface area contributed by atoms with Crippen LogP contribution in [0.5, 0.6) is 0 Å². The van der Waals surface area contributed by atoms with Crippen LogP contribution in [-0.4, -0.2) is 6.04 Å². The van der Waals surface area contributed by atoms with E-state index < -0.39 is 0 Å². The van der Waals surface area contributed by atoms with E-state index in [0.29, 0.717) is 6.04 Å². The molecule has 1 saturated carbocycles. The van der Waals surface area contributed by atoms with Crippen molar-refractivity contribution in [3.63, 3.8) is 0 Å². The van der Waals surface area contributed by atoms with Gasteiger partial charge in [-0.1, -0.05) is 0 Å². The van der Waals surface area contributed by atoms with Crippen LogP contribution in [-0.2, 0) is 0 Å². The summed E-state index contributed by atoms with van der Waals surface area (Å²) in [4.78, 5) is 0. The molecule has 0 spiro atoms. The first-order valence-corrected chi connectivity index (χ1v) is 3.53. The predicted octanol–water partition coefficient (Wildman–Crippen LogP) is 1.14. The second-order valence-corrected chi connectivity index (χ2v) is 2.74. The third-order valence-electron chi connectivity index (χ3n) is 1.85. The highest BCUT2D eigenvalue weighted by Gasteiger charge is 2.27. The lowest BCUT2D eigenvalue weighted by molar-refractivity contribution is 0.559. The summed E-state index contributed by atoms with van der Waals surface area (Å²) in [5.41, 5.74) is 5.77. The Morgan fingerprint density at radius 2 is 2.33 bits per heavy atom. The molecule has 9 heavy (non-hydrogen) atoms. The maximum Gasteiger partial charge on any atom is 0.0101 e. The predicted molar refractivity (Wildman–Crippen MR) is 38.8 cm³/mol. The monoisotopic (exact) mass is 123 g/mol. The van der Waals surface area contributed by atoms with Crippen molar-refractivity contribution in [1.82, 2.24) is 0 Å². The van der Waals surface area contributed by atoms with Crippen LogP contribution >= 0.6 is 0 Å².